The molecule has 2 aromatic rings. The maximum absolute atomic E-state index is 12.3. The second-order valence-corrected chi connectivity index (χ2v) is 5.41. The van der Waals surface area contributed by atoms with Gasteiger partial charge in [-0.1, -0.05) is 6.42 Å². The van der Waals surface area contributed by atoms with Gasteiger partial charge in [0.1, 0.15) is 0 Å². The molecule has 0 radical (unpaired) electrons. The first-order valence-corrected chi connectivity index (χ1v) is 6.93. The Balaban J connectivity index is 2.09. The molecule has 7 heteroatoms. The quantitative estimate of drug-likeness (QED) is 0.767. The van der Waals surface area contributed by atoms with Gasteiger partial charge in [0.05, 0.1) is 13.0 Å². The van der Waals surface area contributed by atoms with Crippen LogP contribution in [0.5, 0.6) is 0 Å². The molecule has 108 valence electrons. The summed E-state index contributed by atoms with van der Waals surface area (Å²) in [6.45, 7) is 2.75. The molecule has 0 spiro atoms. The highest BCUT2D eigenvalue weighted by molar-refractivity contribution is 5.69. The Kier molecular flexibility index (Phi) is 3.21. The highest BCUT2D eigenvalue weighted by atomic mass is 16.2. The van der Waals surface area contributed by atoms with Crippen molar-refractivity contribution < 1.29 is 0 Å². The van der Waals surface area contributed by atoms with Crippen LogP contribution in [-0.4, -0.2) is 36.7 Å². The van der Waals surface area contributed by atoms with Crippen LogP contribution in [-0.2, 0) is 20.8 Å². The molecule has 3 rings (SSSR count). The van der Waals surface area contributed by atoms with Gasteiger partial charge in [0.2, 0.25) is 0 Å². The third kappa shape index (κ3) is 1.98. The normalized spacial score (nSPS) is 16.9. The van der Waals surface area contributed by atoms with Crippen molar-refractivity contribution in [3.63, 3.8) is 0 Å². The molecule has 7 nitrogen and oxygen atoms in total. The van der Waals surface area contributed by atoms with Gasteiger partial charge in [0.25, 0.3) is 5.56 Å². The van der Waals surface area contributed by atoms with E-state index in [-0.39, 0.29) is 11.2 Å². The number of hydrogen-bond donors (Lipinski definition) is 0. The molecule has 0 aromatic carbocycles. The van der Waals surface area contributed by atoms with E-state index in [1.54, 1.807) is 13.4 Å². The lowest BCUT2D eigenvalue weighted by atomic mass is 10.1. The van der Waals surface area contributed by atoms with Crippen molar-refractivity contribution in [3.05, 3.63) is 27.2 Å². The first-order chi connectivity index (χ1) is 9.59. The van der Waals surface area contributed by atoms with Gasteiger partial charge >= 0.3 is 5.69 Å². The number of likely N-dealkylation sites (tertiary alicyclic amines) is 1. The molecular formula is C13H19N5O2. The van der Waals surface area contributed by atoms with E-state index in [1.807, 2.05) is 4.57 Å². The Morgan fingerprint density at radius 2 is 1.80 bits per heavy atom. The van der Waals surface area contributed by atoms with Gasteiger partial charge in [-0.25, -0.2) is 9.78 Å². The zero-order chi connectivity index (χ0) is 14.3. The number of piperidine rings is 1. The van der Waals surface area contributed by atoms with Crippen LogP contribution in [0.1, 0.15) is 19.3 Å². The summed E-state index contributed by atoms with van der Waals surface area (Å²) in [6, 6.07) is 0. The van der Waals surface area contributed by atoms with E-state index in [4.69, 9.17) is 0 Å². The van der Waals surface area contributed by atoms with Crippen LogP contribution < -0.4 is 11.2 Å². The van der Waals surface area contributed by atoms with Crippen molar-refractivity contribution in [1.29, 1.82) is 0 Å². The van der Waals surface area contributed by atoms with Gasteiger partial charge < -0.3 is 4.57 Å². The zero-order valence-electron chi connectivity index (χ0n) is 11.9. The fraction of sp³-hybridized carbons (Fsp3) is 0.615. The maximum Gasteiger partial charge on any atom is 0.332 e. The number of nitrogens with zero attached hydrogens (tertiary/aromatic N) is 5. The van der Waals surface area contributed by atoms with E-state index in [0.717, 1.165) is 17.7 Å². The first kappa shape index (κ1) is 13.1. The Morgan fingerprint density at radius 3 is 2.50 bits per heavy atom. The van der Waals surface area contributed by atoms with Crippen molar-refractivity contribution in [3.8, 4) is 0 Å². The summed E-state index contributed by atoms with van der Waals surface area (Å²) < 4.78 is 4.41. The van der Waals surface area contributed by atoms with Crippen molar-refractivity contribution >= 4 is 11.2 Å². The minimum Gasteiger partial charge on any atom is -0.311 e. The minimum atomic E-state index is -0.342. The summed E-state index contributed by atoms with van der Waals surface area (Å²) in [5, 5.41) is 0. The average molecular weight is 277 g/mol. The molecule has 0 atom stereocenters. The second-order valence-electron chi connectivity index (χ2n) is 5.41. The number of imidazole rings is 1. The number of aromatic nitrogens is 4. The largest absolute Gasteiger partial charge is 0.332 e. The van der Waals surface area contributed by atoms with Crippen molar-refractivity contribution in [1.82, 2.24) is 23.6 Å². The van der Waals surface area contributed by atoms with Crippen molar-refractivity contribution in [2.75, 3.05) is 13.1 Å². The molecule has 0 unspecified atom stereocenters. The van der Waals surface area contributed by atoms with E-state index in [9.17, 15) is 9.59 Å². The summed E-state index contributed by atoms with van der Waals surface area (Å²) >= 11 is 0. The fourth-order valence-electron chi connectivity index (χ4n) is 2.82. The van der Waals surface area contributed by atoms with Crippen LogP contribution in [0.25, 0.3) is 11.2 Å². The molecule has 20 heavy (non-hydrogen) atoms. The third-order valence-electron chi connectivity index (χ3n) is 4.02. The van der Waals surface area contributed by atoms with E-state index in [1.165, 1.54) is 30.9 Å². The summed E-state index contributed by atoms with van der Waals surface area (Å²) in [4.78, 5) is 30.7. The predicted molar refractivity (Wildman–Crippen MR) is 75.6 cm³/mol. The number of rotatable bonds is 2. The van der Waals surface area contributed by atoms with Crippen molar-refractivity contribution in [2.24, 2.45) is 14.1 Å². The zero-order valence-corrected chi connectivity index (χ0v) is 11.9. The highest BCUT2D eigenvalue weighted by Crippen LogP contribution is 2.12. The van der Waals surface area contributed by atoms with Crippen LogP contribution in [0.2, 0.25) is 0 Å². The molecule has 1 aliphatic heterocycles. The summed E-state index contributed by atoms with van der Waals surface area (Å²) in [5.41, 5.74) is 0.332. The van der Waals surface area contributed by atoms with E-state index >= 15 is 0 Å². The molecule has 0 bridgehead atoms. The van der Waals surface area contributed by atoms with Crippen LogP contribution in [0.15, 0.2) is 15.9 Å². The smallest absolute Gasteiger partial charge is 0.311 e. The summed E-state index contributed by atoms with van der Waals surface area (Å²) in [5.74, 6) is 0. The summed E-state index contributed by atoms with van der Waals surface area (Å²) in [7, 11) is 3.14. The first-order valence-electron chi connectivity index (χ1n) is 6.93. The van der Waals surface area contributed by atoms with Crippen LogP contribution in [0, 0.1) is 0 Å². The number of aryl methyl sites for hydroxylation is 1. The second kappa shape index (κ2) is 4.90. The Morgan fingerprint density at radius 1 is 1.10 bits per heavy atom. The third-order valence-corrected chi connectivity index (χ3v) is 4.02. The number of hydrogen-bond acceptors (Lipinski definition) is 4. The van der Waals surface area contributed by atoms with Crippen LogP contribution in [0.3, 0.4) is 0 Å². The monoisotopic (exact) mass is 277 g/mol. The van der Waals surface area contributed by atoms with E-state index in [0.29, 0.717) is 17.8 Å². The lowest BCUT2D eigenvalue weighted by Crippen LogP contribution is -2.38. The topological polar surface area (TPSA) is 65.1 Å². The van der Waals surface area contributed by atoms with Gasteiger partial charge in [-0.3, -0.25) is 18.8 Å². The molecule has 0 aliphatic carbocycles. The standard InChI is InChI=1S/C13H19N5O2/c1-15-11-10(12(19)16(2)13(15)20)18(8-14-11)9-17-6-4-3-5-7-17/h8H,3-7,9H2,1-2H3. The SMILES string of the molecule is Cn1c(=O)c2c(ncn2CN2CCCCC2)n(C)c1=O. The molecule has 0 saturated carbocycles. The van der Waals surface area contributed by atoms with E-state index in [2.05, 4.69) is 9.88 Å². The fourth-order valence-corrected chi connectivity index (χ4v) is 2.82. The number of fused-ring (bicyclic) bond motifs is 1. The molecule has 1 fully saturated rings. The van der Waals surface area contributed by atoms with Gasteiger partial charge in [0.15, 0.2) is 11.2 Å². The van der Waals surface area contributed by atoms with Crippen molar-refractivity contribution in [2.45, 2.75) is 25.9 Å². The van der Waals surface area contributed by atoms with Gasteiger partial charge in [0, 0.05) is 14.1 Å². The summed E-state index contributed by atoms with van der Waals surface area (Å²) in [6.07, 6.45) is 5.32. The predicted octanol–water partition coefficient (Wildman–Crippen LogP) is -0.123. The minimum absolute atomic E-state index is 0.280. The van der Waals surface area contributed by atoms with Crippen LogP contribution >= 0.6 is 0 Å². The lowest BCUT2D eigenvalue weighted by molar-refractivity contribution is 0.184. The molecule has 3 heterocycles. The van der Waals surface area contributed by atoms with Crippen LogP contribution in [0.4, 0.5) is 0 Å². The van der Waals surface area contributed by atoms with Gasteiger partial charge in [-0.05, 0) is 25.9 Å². The molecule has 1 saturated heterocycles. The molecule has 0 N–H and O–H groups in total. The lowest BCUT2D eigenvalue weighted by Gasteiger charge is -2.26. The maximum atomic E-state index is 12.3. The Hall–Kier alpha value is -1.89. The molecule has 2 aromatic heterocycles. The average Bonchev–Trinajstić information content (AvgIpc) is 2.88. The molecule has 0 amide bonds. The Bertz CT molecular complexity index is 748. The van der Waals surface area contributed by atoms with Gasteiger partial charge in [-0.2, -0.15) is 0 Å². The van der Waals surface area contributed by atoms with Gasteiger partial charge in [-0.15, -0.1) is 0 Å². The van der Waals surface area contributed by atoms with E-state index < -0.39 is 0 Å². The Labute approximate surface area is 116 Å². The molecular weight excluding hydrogens is 258 g/mol. The molecule has 1 aliphatic rings. The highest BCUT2D eigenvalue weighted by Gasteiger charge is 2.16.